The van der Waals surface area contributed by atoms with Crippen molar-refractivity contribution in [3.05, 3.63) is 58.6 Å². The summed E-state index contributed by atoms with van der Waals surface area (Å²) < 4.78 is 11.0. The fourth-order valence-electron chi connectivity index (χ4n) is 4.51. The highest BCUT2D eigenvalue weighted by Crippen LogP contribution is 2.14. The smallest absolute Gasteiger partial charge is 0.224 e. The SMILES string of the molecule is Cl.N/C(=N/C(=NCCCCCCN=C(/N=C(/N)Nc1ccc(Cl)cc1)N1CCOCC1)N1CCOCC1)Nc1ccc(Cl)cc1. The number of ether oxygens (including phenoxy) is 2. The molecule has 246 valence electrons. The molecule has 2 aromatic rings. The standard InChI is InChI=1S/C30H42Cl2N10O2.ClH/c31-23-5-9-25(10-6-23)37-27(33)39-29(41-15-19-43-20-16-41)35-13-3-1-2-4-14-36-30(42-17-21-44-22-18-42)40-28(34)38-26-11-7-24(32)8-12-26;/h5-12H,1-4,13-22H2,(H3,33,35,37,39)(H3,34,36,38,40);1H. The van der Waals surface area contributed by atoms with E-state index >= 15 is 0 Å². The van der Waals surface area contributed by atoms with Crippen molar-refractivity contribution in [2.75, 3.05) is 76.3 Å². The Morgan fingerprint density at radius 1 is 0.622 bits per heavy atom. The van der Waals surface area contributed by atoms with Crippen molar-refractivity contribution in [2.24, 2.45) is 31.4 Å². The fraction of sp³-hybridized carbons (Fsp3) is 0.467. The van der Waals surface area contributed by atoms with Gasteiger partial charge in [0.1, 0.15) is 0 Å². The number of halogens is 3. The van der Waals surface area contributed by atoms with Crippen LogP contribution in [0.25, 0.3) is 0 Å². The van der Waals surface area contributed by atoms with E-state index < -0.39 is 0 Å². The normalized spacial score (nSPS) is 16.8. The number of unbranched alkanes of at least 4 members (excludes halogenated alkanes) is 3. The number of aliphatic imine (C=N–C) groups is 4. The Balaban J connectivity index is 0.00000552. The number of hydrogen-bond acceptors (Lipinski definition) is 4. The molecule has 0 aliphatic carbocycles. The number of anilines is 2. The van der Waals surface area contributed by atoms with Crippen molar-refractivity contribution in [1.29, 1.82) is 0 Å². The lowest BCUT2D eigenvalue weighted by molar-refractivity contribution is 0.0674. The molecule has 0 unspecified atom stereocenters. The minimum atomic E-state index is 0. The fourth-order valence-corrected chi connectivity index (χ4v) is 4.76. The van der Waals surface area contributed by atoms with E-state index in [4.69, 9.17) is 54.1 Å². The van der Waals surface area contributed by atoms with Gasteiger partial charge in [-0.1, -0.05) is 36.0 Å². The second-order valence-electron chi connectivity index (χ2n) is 10.2. The third-order valence-corrected chi connectivity index (χ3v) is 7.34. The van der Waals surface area contributed by atoms with E-state index in [1.54, 1.807) is 24.3 Å². The van der Waals surface area contributed by atoms with Gasteiger partial charge in [-0.05, 0) is 61.4 Å². The minimum Gasteiger partial charge on any atom is -0.378 e. The largest absolute Gasteiger partial charge is 0.378 e. The molecular formula is C30H43Cl3N10O2. The zero-order valence-electron chi connectivity index (χ0n) is 25.3. The number of morpholine rings is 2. The van der Waals surface area contributed by atoms with Crippen molar-refractivity contribution in [3.8, 4) is 0 Å². The van der Waals surface area contributed by atoms with E-state index in [1.807, 2.05) is 24.3 Å². The quantitative estimate of drug-likeness (QED) is 0.172. The van der Waals surface area contributed by atoms with Crippen LogP contribution >= 0.6 is 35.6 Å². The predicted molar refractivity (Wildman–Crippen MR) is 188 cm³/mol. The summed E-state index contributed by atoms with van der Waals surface area (Å²) in [5.74, 6) is 1.79. The third-order valence-electron chi connectivity index (χ3n) is 6.83. The predicted octanol–water partition coefficient (Wildman–Crippen LogP) is 4.51. The highest BCUT2D eigenvalue weighted by atomic mass is 35.5. The molecular weight excluding hydrogens is 639 g/mol. The van der Waals surface area contributed by atoms with Crippen LogP contribution in [0, 0.1) is 0 Å². The van der Waals surface area contributed by atoms with Crippen molar-refractivity contribution < 1.29 is 9.47 Å². The molecule has 6 N–H and O–H groups in total. The Labute approximate surface area is 281 Å². The van der Waals surface area contributed by atoms with E-state index in [9.17, 15) is 0 Å². The van der Waals surface area contributed by atoms with E-state index in [-0.39, 0.29) is 24.3 Å². The van der Waals surface area contributed by atoms with Gasteiger partial charge in [0.05, 0.1) is 26.4 Å². The van der Waals surface area contributed by atoms with Gasteiger partial charge in [-0.15, -0.1) is 12.4 Å². The molecule has 0 saturated carbocycles. The first-order chi connectivity index (χ1) is 21.5. The maximum atomic E-state index is 6.21. The Hall–Kier alpha value is -3.29. The molecule has 2 saturated heterocycles. The summed E-state index contributed by atoms with van der Waals surface area (Å²) >= 11 is 12.0. The molecule has 0 radical (unpaired) electrons. The second-order valence-corrected chi connectivity index (χ2v) is 11.1. The molecule has 0 bridgehead atoms. The number of nitrogens with two attached hydrogens (primary N) is 2. The summed E-state index contributed by atoms with van der Waals surface area (Å²) in [6.45, 7) is 6.76. The van der Waals surface area contributed by atoms with Crippen molar-refractivity contribution >= 4 is 70.8 Å². The lowest BCUT2D eigenvalue weighted by Gasteiger charge is -2.28. The molecule has 2 fully saturated rings. The van der Waals surface area contributed by atoms with Gasteiger partial charge < -0.3 is 41.4 Å². The van der Waals surface area contributed by atoms with Crippen molar-refractivity contribution in [3.63, 3.8) is 0 Å². The van der Waals surface area contributed by atoms with Gasteiger partial charge >= 0.3 is 0 Å². The molecule has 2 aliphatic rings. The zero-order valence-corrected chi connectivity index (χ0v) is 27.7. The average molecular weight is 682 g/mol. The second kappa shape index (κ2) is 20.0. The zero-order chi connectivity index (χ0) is 31.0. The number of nitrogens with one attached hydrogen (secondary N) is 2. The minimum absolute atomic E-state index is 0. The number of benzene rings is 2. The Bertz CT molecular complexity index is 1180. The lowest BCUT2D eigenvalue weighted by atomic mass is 10.2. The topological polar surface area (TPSA) is 150 Å². The monoisotopic (exact) mass is 680 g/mol. The molecule has 45 heavy (non-hydrogen) atoms. The van der Waals surface area contributed by atoms with Crippen LogP contribution in [-0.2, 0) is 9.47 Å². The van der Waals surface area contributed by atoms with E-state index in [0.717, 1.165) is 63.2 Å². The van der Waals surface area contributed by atoms with Crippen LogP contribution in [0.5, 0.6) is 0 Å². The number of hydrogen-bond donors (Lipinski definition) is 4. The molecule has 2 heterocycles. The summed E-state index contributed by atoms with van der Waals surface area (Å²) in [5, 5.41) is 7.53. The summed E-state index contributed by atoms with van der Waals surface area (Å²) in [6.07, 6.45) is 3.91. The number of guanidine groups is 4. The lowest BCUT2D eigenvalue weighted by Crippen LogP contribution is -2.41. The molecule has 0 atom stereocenters. The van der Waals surface area contributed by atoms with Gasteiger partial charge in [0.15, 0.2) is 0 Å². The maximum Gasteiger partial charge on any atom is 0.224 e. The van der Waals surface area contributed by atoms with Crippen LogP contribution in [0.1, 0.15) is 25.7 Å². The van der Waals surface area contributed by atoms with Crippen molar-refractivity contribution in [1.82, 2.24) is 9.80 Å². The van der Waals surface area contributed by atoms with Gasteiger partial charge in [-0.2, -0.15) is 9.98 Å². The van der Waals surface area contributed by atoms with E-state index in [1.165, 1.54) is 0 Å². The molecule has 12 nitrogen and oxygen atoms in total. The van der Waals surface area contributed by atoms with Gasteiger partial charge in [0.25, 0.3) is 0 Å². The average Bonchev–Trinajstić information content (AvgIpc) is 3.04. The van der Waals surface area contributed by atoms with E-state index in [2.05, 4.69) is 30.4 Å². The van der Waals surface area contributed by atoms with Crippen LogP contribution in [0.2, 0.25) is 10.0 Å². The summed E-state index contributed by atoms with van der Waals surface area (Å²) in [7, 11) is 0. The van der Waals surface area contributed by atoms with Gasteiger partial charge in [0, 0.05) is 60.7 Å². The summed E-state index contributed by atoms with van der Waals surface area (Å²) in [5.41, 5.74) is 14.0. The molecule has 0 aromatic heterocycles. The highest BCUT2D eigenvalue weighted by Gasteiger charge is 2.16. The van der Waals surface area contributed by atoms with Gasteiger partial charge in [-0.25, -0.2) is 0 Å². The van der Waals surface area contributed by atoms with Crippen LogP contribution in [-0.4, -0.2) is 99.3 Å². The highest BCUT2D eigenvalue weighted by molar-refractivity contribution is 6.31. The first-order valence-electron chi connectivity index (χ1n) is 14.9. The van der Waals surface area contributed by atoms with Gasteiger partial charge in [0.2, 0.25) is 23.8 Å². The molecule has 0 amide bonds. The van der Waals surface area contributed by atoms with Crippen LogP contribution in [0.15, 0.2) is 68.5 Å². The molecule has 2 aromatic carbocycles. The Kier molecular flexibility index (Phi) is 16.0. The molecule has 0 spiro atoms. The van der Waals surface area contributed by atoms with Crippen LogP contribution in [0.4, 0.5) is 11.4 Å². The number of nitrogens with zero attached hydrogens (tertiary/aromatic N) is 6. The first kappa shape index (κ1) is 36.2. The summed E-state index contributed by atoms with van der Waals surface area (Å²) in [4.78, 5) is 23.0. The van der Waals surface area contributed by atoms with Crippen LogP contribution < -0.4 is 22.1 Å². The number of rotatable bonds is 9. The molecule has 2 aliphatic heterocycles. The maximum absolute atomic E-state index is 6.21. The first-order valence-corrected chi connectivity index (χ1v) is 15.7. The third kappa shape index (κ3) is 13.3. The Morgan fingerprint density at radius 2 is 0.978 bits per heavy atom. The Morgan fingerprint density at radius 3 is 1.33 bits per heavy atom. The summed E-state index contributed by atoms with van der Waals surface area (Å²) in [6, 6.07) is 14.6. The van der Waals surface area contributed by atoms with Crippen LogP contribution in [0.3, 0.4) is 0 Å². The van der Waals surface area contributed by atoms with Crippen molar-refractivity contribution in [2.45, 2.75) is 25.7 Å². The molecule has 4 rings (SSSR count). The molecule has 15 heteroatoms. The van der Waals surface area contributed by atoms with Gasteiger partial charge in [-0.3, -0.25) is 9.98 Å². The van der Waals surface area contributed by atoms with E-state index in [0.29, 0.717) is 61.5 Å².